The molecule has 0 bridgehead atoms. The first kappa shape index (κ1) is 19.4. The van der Waals surface area contributed by atoms with Gasteiger partial charge in [-0.05, 0) is 38.0 Å². The largest absolute Gasteiger partial charge is 0.497 e. The second-order valence-corrected chi connectivity index (χ2v) is 5.26. The Morgan fingerprint density at radius 1 is 1.39 bits per heavy atom. The smallest absolute Gasteiger partial charge is 0.192 e. The number of benzene rings is 1. The molecule has 0 saturated heterocycles. The van der Waals surface area contributed by atoms with Crippen molar-refractivity contribution in [2.24, 2.45) is 4.99 Å². The molecule has 1 saturated carbocycles. The van der Waals surface area contributed by atoms with Crippen molar-refractivity contribution < 1.29 is 9.47 Å². The Bertz CT molecular complexity index is 580. The van der Waals surface area contributed by atoms with Crippen molar-refractivity contribution in [2.75, 3.05) is 20.8 Å². The fourth-order valence-corrected chi connectivity index (χ4v) is 2.14. The van der Waals surface area contributed by atoms with Crippen LogP contribution in [0.25, 0.3) is 0 Å². The molecule has 1 atom stereocenters. The molecule has 0 radical (unpaired) electrons. The molecular weight excluding hydrogens is 405 g/mol. The van der Waals surface area contributed by atoms with Gasteiger partial charge in [-0.3, -0.25) is 0 Å². The zero-order valence-electron chi connectivity index (χ0n) is 13.8. The monoisotopic (exact) mass is 429 g/mol. The number of halogens is 1. The SMILES string of the molecule is C#CCN=C(NC1CC1)NC(C)c1cc(OC)ccc1OC.I. The molecule has 0 spiro atoms. The van der Waals surface area contributed by atoms with E-state index in [0.29, 0.717) is 12.6 Å². The van der Waals surface area contributed by atoms with Crippen LogP contribution < -0.4 is 20.1 Å². The third kappa shape index (κ3) is 5.82. The number of terminal acetylenes is 1. The quantitative estimate of drug-likeness (QED) is 0.316. The van der Waals surface area contributed by atoms with Crippen LogP contribution in [0.15, 0.2) is 23.2 Å². The van der Waals surface area contributed by atoms with Crippen LogP contribution in [0.4, 0.5) is 0 Å². The molecule has 0 amide bonds. The van der Waals surface area contributed by atoms with Gasteiger partial charge < -0.3 is 20.1 Å². The van der Waals surface area contributed by atoms with E-state index in [4.69, 9.17) is 15.9 Å². The summed E-state index contributed by atoms with van der Waals surface area (Å²) in [5.41, 5.74) is 1.01. The van der Waals surface area contributed by atoms with Gasteiger partial charge in [-0.25, -0.2) is 4.99 Å². The summed E-state index contributed by atoms with van der Waals surface area (Å²) in [7, 11) is 3.31. The normalized spacial score (nSPS) is 15.0. The number of guanidine groups is 1. The molecule has 1 aromatic carbocycles. The maximum atomic E-state index is 5.43. The molecule has 0 aliphatic heterocycles. The number of nitrogens with one attached hydrogen (secondary N) is 2. The van der Waals surface area contributed by atoms with E-state index in [-0.39, 0.29) is 30.0 Å². The van der Waals surface area contributed by atoms with E-state index in [9.17, 15) is 0 Å². The molecule has 2 N–H and O–H groups in total. The fraction of sp³-hybridized carbons (Fsp3) is 0.471. The summed E-state index contributed by atoms with van der Waals surface area (Å²) in [6.07, 6.45) is 7.65. The Hall–Kier alpha value is -1.62. The summed E-state index contributed by atoms with van der Waals surface area (Å²) < 4.78 is 10.7. The highest BCUT2D eigenvalue weighted by atomic mass is 127. The van der Waals surface area contributed by atoms with Crippen molar-refractivity contribution in [3.05, 3.63) is 23.8 Å². The second-order valence-electron chi connectivity index (χ2n) is 5.26. The van der Waals surface area contributed by atoms with E-state index >= 15 is 0 Å². The molecule has 0 heterocycles. The number of rotatable bonds is 6. The van der Waals surface area contributed by atoms with Crippen molar-refractivity contribution in [2.45, 2.75) is 31.8 Å². The summed E-state index contributed by atoms with van der Waals surface area (Å²) in [6.45, 7) is 2.40. The topological polar surface area (TPSA) is 54.9 Å². The molecule has 5 nitrogen and oxygen atoms in total. The van der Waals surface area contributed by atoms with Crippen molar-refractivity contribution in [3.8, 4) is 23.8 Å². The van der Waals surface area contributed by atoms with Crippen molar-refractivity contribution in [1.29, 1.82) is 0 Å². The number of methoxy groups -OCH3 is 2. The van der Waals surface area contributed by atoms with Crippen molar-refractivity contribution >= 4 is 29.9 Å². The van der Waals surface area contributed by atoms with Gasteiger partial charge >= 0.3 is 0 Å². The molecule has 126 valence electrons. The fourth-order valence-electron chi connectivity index (χ4n) is 2.14. The molecule has 1 aliphatic carbocycles. The van der Waals surface area contributed by atoms with Crippen LogP contribution in [0.5, 0.6) is 11.5 Å². The van der Waals surface area contributed by atoms with E-state index in [0.717, 1.165) is 23.0 Å². The summed E-state index contributed by atoms with van der Waals surface area (Å²) in [5, 5.41) is 6.74. The van der Waals surface area contributed by atoms with Gasteiger partial charge in [0.1, 0.15) is 18.0 Å². The van der Waals surface area contributed by atoms with Crippen LogP contribution in [0.1, 0.15) is 31.4 Å². The van der Waals surface area contributed by atoms with Gasteiger partial charge in [0.25, 0.3) is 0 Å². The first-order chi connectivity index (χ1) is 10.7. The van der Waals surface area contributed by atoms with Gasteiger partial charge in [-0.1, -0.05) is 5.92 Å². The maximum absolute atomic E-state index is 5.43. The molecule has 1 fully saturated rings. The predicted octanol–water partition coefficient (Wildman–Crippen LogP) is 2.71. The van der Waals surface area contributed by atoms with Crippen LogP contribution in [0.3, 0.4) is 0 Å². The molecule has 23 heavy (non-hydrogen) atoms. The maximum Gasteiger partial charge on any atom is 0.192 e. The number of ether oxygens (including phenoxy) is 2. The van der Waals surface area contributed by atoms with Gasteiger partial charge in [0.2, 0.25) is 0 Å². The van der Waals surface area contributed by atoms with Crippen LogP contribution in [-0.2, 0) is 0 Å². The minimum atomic E-state index is 0. The highest BCUT2D eigenvalue weighted by molar-refractivity contribution is 14.0. The van der Waals surface area contributed by atoms with Gasteiger partial charge in [0.15, 0.2) is 5.96 Å². The van der Waals surface area contributed by atoms with E-state index in [2.05, 4.69) is 28.5 Å². The van der Waals surface area contributed by atoms with Gasteiger partial charge in [0, 0.05) is 11.6 Å². The summed E-state index contributed by atoms with van der Waals surface area (Å²) in [4.78, 5) is 4.37. The van der Waals surface area contributed by atoms with Crippen molar-refractivity contribution in [1.82, 2.24) is 10.6 Å². The summed E-state index contributed by atoms with van der Waals surface area (Å²) in [5.74, 6) is 4.87. The molecular formula is C17H24IN3O2. The van der Waals surface area contributed by atoms with E-state index < -0.39 is 0 Å². The molecule has 1 unspecified atom stereocenters. The second kappa shape index (κ2) is 9.50. The van der Waals surface area contributed by atoms with Crippen molar-refractivity contribution in [3.63, 3.8) is 0 Å². The number of nitrogens with zero attached hydrogens (tertiary/aromatic N) is 1. The Balaban J connectivity index is 0.00000264. The van der Waals surface area contributed by atoms with Crippen LogP contribution in [0, 0.1) is 12.3 Å². The lowest BCUT2D eigenvalue weighted by Crippen LogP contribution is -2.40. The van der Waals surface area contributed by atoms with Gasteiger partial charge in [-0.15, -0.1) is 30.4 Å². The van der Waals surface area contributed by atoms with Crippen LogP contribution >= 0.6 is 24.0 Å². The molecule has 2 rings (SSSR count). The number of hydrogen-bond donors (Lipinski definition) is 2. The molecule has 0 aromatic heterocycles. The molecule has 1 aliphatic rings. The minimum absolute atomic E-state index is 0. The highest BCUT2D eigenvalue weighted by Crippen LogP contribution is 2.29. The zero-order chi connectivity index (χ0) is 15.9. The average molecular weight is 429 g/mol. The summed E-state index contributed by atoms with van der Waals surface area (Å²) in [6, 6.07) is 6.26. The lowest BCUT2D eigenvalue weighted by molar-refractivity contribution is 0.394. The van der Waals surface area contributed by atoms with Crippen LogP contribution in [0.2, 0.25) is 0 Å². The standard InChI is InChI=1S/C17H23N3O2.HI/c1-5-10-18-17(20-13-6-7-13)19-12(2)15-11-14(21-3)8-9-16(15)22-4;/h1,8-9,11-13H,6-7,10H2,2-4H3,(H2,18,19,20);1H. The Kier molecular flexibility index (Phi) is 8.03. The summed E-state index contributed by atoms with van der Waals surface area (Å²) >= 11 is 0. The number of aliphatic imine (C=N–C) groups is 1. The Morgan fingerprint density at radius 3 is 2.70 bits per heavy atom. The predicted molar refractivity (Wildman–Crippen MR) is 104 cm³/mol. The van der Waals surface area contributed by atoms with Gasteiger partial charge in [0.05, 0.1) is 20.3 Å². The third-order valence-electron chi connectivity index (χ3n) is 3.50. The molecule has 6 heteroatoms. The van der Waals surface area contributed by atoms with Gasteiger partial charge in [-0.2, -0.15) is 0 Å². The number of hydrogen-bond acceptors (Lipinski definition) is 3. The van der Waals surface area contributed by atoms with E-state index in [1.165, 1.54) is 12.8 Å². The zero-order valence-corrected chi connectivity index (χ0v) is 16.1. The first-order valence-electron chi connectivity index (χ1n) is 7.40. The van der Waals surface area contributed by atoms with E-state index in [1.807, 2.05) is 18.2 Å². The highest BCUT2D eigenvalue weighted by Gasteiger charge is 2.23. The Morgan fingerprint density at radius 2 is 2.13 bits per heavy atom. The third-order valence-corrected chi connectivity index (χ3v) is 3.50. The lowest BCUT2D eigenvalue weighted by Gasteiger charge is -2.21. The average Bonchev–Trinajstić information content (AvgIpc) is 3.35. The minimum Gasteiger partial charge on any atom is -0.497 e. The van der Waals surface area contributed by atoms with E-state index in [1.54, 1.807) is 14.2 Å². The van der Waals surface area contributed by atoms with Crippen LogP contribution in [-0.4, -0.2) is 32.8 Å². The first-order valence-corrected chi connectivity index (χ1v) is 7.40. The molecule has 1 aromatic rings. The lowest BCUT2D eigenvalue weighted by atomic mass is 10.1. The Labute approximate surface area is 155 Å².